The van der Waals surface area contributed by atoms with Gasteiger partial charge < -0.3 is 14.7 Å². The quantitative estimate of drug-likeness (QED) is 0.664. The van der Waals surface area contributed by atoms with Gasteiger partial charge in [-0.25, -0.2) is 4.79 Å². The number of nitrogens with zero attached hydrogens (tertiary/aromatic N) is 2. The number of ether oxygens (including phenoxy) is 1. The van der Waals surface area contributed by atoms with Crippen molar-refractivity contribution in [3.63, 3.8) is 0 Å². The number of non-ortho nitro benzene ring substituents is 1. The smallest absolute Gasteiger partial charge is 0.335 e. The number of morpholine rings is 1. The molecule has 8 heteroatoms. The molecule has 1 N–H and O–H groups in total. The van der Waals surface area contributed by atoms with E-state index in [1.165, 1.54) is 6.07 Å². The van der Waals surface area contributed by atoms with Gasteiger partial charge in [-0.15, -0.1) is 0 Å². The van der Waals surface area contributed by atoms with E-state index in [0.29, 0.717) is 19.7 Å². The fraction of sp³-hybridized carbons (Fsp3) is 0.529. The molecule has 1 aliphatic carbocycles. The molecule has 25 heavy (non-hydrogen) atoms. The zero-order valence-corrected chi connectivity index (χ0v) is 13.8. The highest BCUT2D eigenvalue weighted by molar-refractivity contribution is 5.98. The summed E-state index contributed by atoms with van der Waals surface area (Å²) in [6, 6.07) is 3.29. The Balaban J connectivity index is 1.86. The van der Waals surface area contributed by atoms with E-state index < -0.39 is 16.6 Å². The first-order valence-electron chi connectivity index (χ1n) is 8.36. The Morgan fingerprint density at radius 2 is 1.84 bits per heavy atom. The standard InChI is InChI=1S/C17H20N2O6/c20-15(12-8-13(16(21)22)10-14(9-12)19(23)24)18-6-7-25-17(11-18)4-2-1-3-5-17/h8-10H,1-7,11H2,(H,21,22). The molecule has 134 valence electrons. The van der Waals surface area contributed by atoms with Gasteiger partial charge in [0.25, 0.3) is 11.6 Å². The Kier molecular flexibility index (Phi) is 4.71. The molecule has 3 rings (SSSR count). The van der Waals surface area contributed by atoms with Gasteiger partial charge in [0.1, 0.15) is 0 Å². The summed E-state index contributed by atoms with van der Waals surface area (Å²) in [5, 5.41) is 20.2. The number of carbonyl (C=O) groups excluding carboxylic acids is 1. The number of rotatable bonds is 3. The summed E-state index contributed by atoms with van der Waals surface area (Å²) >= 11 is 0. The number of carbonyl (C=O) groups is 2. The molecule has 1 aromatic rings. The van der Waals surface area contributed by atoms with Gasteiger partial charge in [-0.2, -0.15) is 0 Å². The Labute approximate surface area is 144 Å². The molecule has 1 saturated heterocycles. The van der Waals surface area contributed by atoms with E-state index in [0.717, 1.165) is 44.2 Å². The highest BCUT2D eigenvalue weighted by atomic mass is 16.6. The Morgan fingerprint density at radius 1 is 1.16 bits per heavy atom. The summed E-state index contributed by atoms with van der Waals surface area (Å²) in [4.78, 5) is 36.0. The fourth-order valence-corrected chi connectivity index (χ4v) is 3.66. The largest absolute Gasteiger partial charge is 0.478 e. The first kappa shape index (κ1) is 17.3. The summed E-state index contributed by atoms with van der Waals surface area (Å²) in [6.45, 7) is 1.26. The van der Waals surface area contributed by atoms with Crippen molar-refractivity contribution >= 4 is 17.6 Å². The number of carboxylic acids is 1. The minimum atomic E-state index is -1.30. The maximum absolute atomic E-state index is 12.8. The van der Waals surface area contributed by atoms with Crippen LogP contribution in [0.25, 0.3) is 0 Å². The third kappa shape index (κ3) is 3.63. The Bertz CT molecular complexity index is 673. The van der Waals surface area contributed by atoms with Crippen molar-refractivity contribution < 1.29 is 24.4 Å². The van der Waals surface area contributed by atoms with Crippen molar-refractivity contribution in [1.82, 2.24) is 4.90 Å². The molecule has 0 aromatic heterocycles. The number of nitro benzene ring substituents is 1. The second-order valence-corrected chi connectivity index (χ2v) is 6.65. The molecule has 2 aliphatic rings. The van der Waals surface area contributed by atoms with Crippen LogP contribution in [-0.4, -0.2) is 52.1 Å². The number of benzene rings is 1. The minimum Gasteiger partial charge on any atom is -0.478 e. The van der Waals surface area contributed by atoms with E-state index in [-0.39, 0.29) is 22.6 Å². The van der Waals surface area contributed by atoms with E-state index in [9.17, 15) is 19.7 Å². The molecule has 2 fully saturated rings. The molecule has 0 bridgehead atoms. The number of amides is 1. The molecule has 1 amide bonds. The fourth-order valence-electron chi connectivity index (χ4n) is 3.66. The van der Waals surface area contributed by atoms with Crippen molar-refractivity contribution in [3.8, 4) is 0 Å². The van der Waals surface area contributed by atoms with Crippen LogP contribution in [0.15, 0.2) is 18.2 Å². The molecule has 1 heterocycles. The predicted octanol–water partition coefficient (Wildman–Crippen LogP) is 2.47. The van der Waals surface area contributed by atoms with Crippen LogP contribution in [0.4, 0.5) is 5.69 Å². The van der Waals surface area contributed by atoms with Gasteiger partial charge in [-0.1, -0.05) is 19.3 Å². The maximum atomic E-state index is 12.8. The van der Waals surface area contributed by atoms with E-state index in [4.69, 9.17) is 9.84 Å². The van der Waals surface area contributed by atoms with Crippen LogP contribution in [0.1, 0.15) is 52.8 Å². The SMILES string of the molecule is O=C(O)c1cc(C(=O)N2CCOC3(CCCCC3)C2)cc([N+](=O)[O-])c1. The second-order valence-electron chi connectivity index (χ2n) is 6.65. The summed E-state index contributed by atoms with van der Waals surface area (Å²) in [5.41, 5.74) is -0.968. The van der Waals surface area contributed by atoms with Gasteiger partial charge in [-0.3, -0.25) is 14.9 Å². The van der Waals surface area contributed by atoms with Crippen molar-refractivity contribution in [3.05, 3.63) is 39.4 Å². The summed E-state index contributed by atoms with van der Waals surface area (Å²) in [5.74, 6) is -1.69. The van der Waals surface area contributed by atoms with E-state index >= 15 is 0 Å². The van der Waals surface area contributed by atoms with Crippen LogP contribution < -0.4 is 0 Å². The highest BCUT2D eigenvalue weighted by Crippen LogP contribution is 2.35. The second kappa shape index (κ2) is 6.79. The molecule has 1 saturated carbocycles. The van der Waals surface area contributed by atoms with Crippen LogP contribution in [0.5, 0.6) is 0 Å². The van der Waals surface area contributed by atoms with Gasteiger partial charge >= 0.3 is 5.97 Å². The van der Waals surface area contributed by atoms with E-state index in [1.54, 1.807) is 4.90 Å². The molecule has 1 aromatic carbocycles. The summed E-state index contributed by atoms with van der Waals surface area (Å²) < 4.78 is 5.95. The number of hydrogen-bond donors (Lipinski definition) is 1. The molecule has 0 atom stereocenters. The summed E-state index contributed by atoms with van der Waals surface area (Å²) in [7, 11) is 0. The van der Waals surface area contributed by atoms with Crippen LogP contribution in [0.2, 0.25) is 0 Å². The first-order valence-corrected chi connectivity index (χ1v) is 8.36. The zero-order valence-electron chi connectivity index (χ0n) is 13.8. The van der Waals surface area contributed by atoms with Crippen LogP contribution >= 0.6 is 0 Å². The molecule has 0 unspecified atom stereocenters. The third-order valence-electron chi connectivity index (χ3n) is 4.92. The predicted molar refractivity (Wildman–Crippen MR) is 87.7 cm³/mol. The first-order chi connectivity index (χ1) is 11.9. The highest BCUT2D eigenvalue weighted by Gasteiger charge is 2.39. The lowest BCUT2D eigenvalue weighted by Gasteiger charge is -2.45. The lowest BCUT2D eigenvalue weighted by atomic mass is 9.83. The topological polar surface area (TPSA) is 110 Å². The van der Waals surface area contributed by atoms with Crippen molar-refractivity contribution in [1.29, 1.82) is 0 Å². The summed E-state index contributed by atoms with van der Waals surface area (Å²) in [6.07, 6.45) is 5.06. The van der Waals surface area contributed by atoms with Gasteiger partial charge in [0, 0.05) is 24.2 Å². The Morgan fingerprint density at radius 3 is 2.48 bits per heavy atom. The lowest BCUT2D eigenvalue weighted by molar-refractivity contribution is -0.384. The molecule has 1 aliphatic heterocycles. The molecule has 1 spiro atoms. The van der Waals surface area contributed by atoms with Crippen LogP contribution in [-0.2, 0) is 4.74 Å². The molecule has 8 nitrogen and oxygen atoms in total. The molecular formula is C17H20N2O6. The number of carboxylic acid groups (broad SMARTS) is 1. The maximum Gasteiger partial charge on any atom is 0.335 e. The van der Waals surface area contributed by atoms with Crippen molar-refractivity contribution in [2.75, 3.05) is 19.7 Å². The average molecular weight is 348 g/mol. The van der Waals surface area contributed by atoms with Gasteiger partial charge in [0.05, 0.1) is 29.2 Å². The van der Waals surface area contributed by atoms with E-state index in [1.807, 2.05) is 0 Å². The van der Waals surface area contributed by atoms with Crippen LogP contribution in [0, 0.1) is 10.1 Å². The normalized spacial score (nSPS) is 19.6. The van der Waals surface area contributed by atoms with Crippen molar-refractivity contribution in [2.45, 2.75) is 37.7 Å². The third-order valence-corrected chi connectivity index (χ3v) is 4.92. The minimum absolute atomic E-state index is 0.0273. The van der Waals surface area contributed by atoms with Gasteiger partial charge in [-0.05, 0) is 18.9 Å². The molecular weight excluding hydrogens is 328 g/mol. The average Bonchev–Trinajstić information content (AvgIpc) is 2.61. The van der Waals surface area contributed by atoms with Gasteiger partial charge in [0.15, 0.2) is 0 Å². The zero-order chi connectivity index (χ0) is 18.0. The Hall–Kier alpha value is -2.48. The van der Waals surface area contributed by atoms with Crippen LogP contribution in [0.3, 0.4) is 0 Å². The van der Waals surface area contributed by atoms with E-state index in [2.05, 4.69) is 0 Å². The lowest BCUT2D eigenvalue weighted by Crippen LogP contribution is -2.54. The number of nitro groups is 1. The number of aromatic carboxylic acids is 1. The van der Waals surface area contributed by atoms with Gasteiger partial charge in [0.2, 0.25) is 0 Å². The monoisotopic (exact) mass is 348 g/mol. The van der Waals surface area contributed by atoms with Crippen molar-refractivity contribution in [2.24, 2.45) is 0 Å². The number of hydrogen-bond acceptors (Lipinski definition) is 5. The molecule has 0 radical (unpaired) electrons.